The van der Waals surface area contributed by atoms with Crippen LogP contribution < -0.4 is 15.1 Å². The van der Waals surface area contributed by atoms with Gasteiger partial charge in [0, 0.05) is 48.7 Å². The first-order chi connectivity index (χ1) is 16.0. The highest BCUT2D eigenvalue weighted by Crippen LogP contribution is 2.41. The summed E-state index contributed by atoms with van der Waals surface area (Å²) in [5.41, 5.74) is 2.84. The molecule has 170 valence electrons. The summed E-state index contributed by atoms with van der Waals surface area (Å²) in [5, 5.41) is 4.12. The Labute approximate surface area is 197 Å². The van der Waals surface area contributed by atoms with Crippen LogP contribution in [0.5, 0.6) is 0 Å². The Morgan fingerprint density at radius 3 is 2.55 bits per heavy atom. The number of benzene rings is 1. The van der Waals surface area contributed by atoms with E-state index in [0.717, 1.165) is 54.6 Å². The van der Waals surface area contributed by atoms with Crippen LogP contribution in [0.1, 0.15) is 24.1 Å². The average Bonchev–Trinajstić information content (AvgIpc) is 3.31. The third-order valence-electron chi connectivity index (χ3n) is 7.16. The maximum Gasteiger partial charge on any atom is 0.226 e. The Morgan fingerprint density at radius 2 is 1.82 bits per heavy atom. The number of aromatic nitrogens is 4. The molecule has 1 saturated carbocycles. The van der Waals surface area contributed by atoms with Gasteiger partial charge in [-0.3, -0.25) is 0 Å². The molecular weight excluding hydrogens is 441 g/mol. The van der Waals surface area contributed by atoms with Gasteiger partial charge in [-0.25, -0.2) is 19.3 Å². The zero-order valence-electron chi connectivity index (χ0n) is 18.4. The van der Waals surface area contributed by atoms with Crippen LogP contribution in [0, 0.1) is 24.6 Å². The molecule has 2 aromatic heterocycles. The third-order valence-corrected chi connectivity index (χ3v) is 7.47. The number of piperidine rings is 1. The third kappa shape index (κ3) is 3.76. The van der Waals surface area contributed by atoms with Gasteiger partial charge in [0.1, 0.15) is 28.9 Å². The highest BCUT2D eigenvalue weighted by Gasteiger charge is 2.43. The van der Waals surface area contributed by atoms with Crippen LogP contribution >= 0.6 is 11.6 Å². The zero-order valence-corrected chi connectivity index (χ0v) is 19.1. The quantitative estimate of drug-likeness (QED) is 0.573. The number of anilines is 4. The van der Waals surface area contributed by atoms with Crippen LogP contribution in [0.3, 0.4) is 0 Å². The van der Waals surface area contributed by atoms with Gasteiger partial charge in [0.15, 0.2) is 0 Å². The number of aryl methyl sites for hydroxylation is 1. The van der Waals surface area contributed by atoms with Gasteiger partial charge in [-0.2, -0.15) is 4.98 Å². The van der Waals surface area contributed by atoms with Crippen molar-refractivity contribution in [2.45, 2.75) is 32.2 Å². The van der Waals surface area contributed by atoms with Crippen LogP contribution in [-0.4, -0.2) is 45.6 Å². The summed E-state index contributed by atoms with van der Waals surface area (Å²) < 4.78 is 13.4. The first-order valence-electron chi connectivity index (χ1n) is 11.4. The number of rotatable bonds is 4. The molecule has 1 aliphatic carbocycles. The molecule has 7 nitrogen and oxygen atoms in total. The second kappa shape index (κ2) is 8.09. The lowest BCUT2D eigenvalue weighted by atomic mass is 9.92. The largest absolute Gasteiger partial charge is 0.356 e. The maximum atomic E-state index is 13.4. The Kier molecular flexibility index (Phi) is 5.05. The van der Waals surface area contributed by atoms with Crippen LogP contribution in [0.15, 0.2) is 36.7 Å². The molecule has 6 rings (SSSR count). The van der Waals surface area contributed by atoms with E-state index in [-0.39, 0.29) is 5.82 Å². The standard InChI is InChI=1S/C24H25ClFN7/c1-14-10-20(28-13-27-14)32-11-15-2-3-16(12-32)21(15)29-24-30-22(25)19-8-9-33(23(19)31-24)18-6-4-17(26)5-7-18/h4-7,10,13,15-16,21H,2-3,8-9,11-12H2,1H3,(H,29,30,31)/t15-,16+,21+. The SMILES string of the molecule is Cc1cc(N2C[C@H]3CC[C@@H](C2)[C@H]3Nc2nc(Cl)c3c(n2)N(c2ccc(F)cc2)CC3)ncn1. The van der Waals surface area contributed by atoms with Crippen LogP contribution in [0.25, 0.3) is 0 Å². The van der Waals surface area contributed by atoms with Crippen molar-refractivity contribution in [2.75, 3.05) is 34.8 Å². The summed E-state index contributed by atoms with van der Waals surface area (Å²) in [5.74, 6) is 3.11. The van der Waals surface area contributed by atoms with E-state index >= 15 is 0 Å². The molecule has 1 saturated heterocycles. The fourth-order valence-electron chi connectivity index (χ4n) is 5.56. The van der Waals surface area contributed by atoms with Gasteiger partial charge in [-0.05, 0) is 62.3 Å². The summed E-state index contributed by atoms with van der Waals surface area (Å²) in [4.78, 5) is 22.6. The molecule has 1 N–H and O–H groups in total. The zero-order chi connectivity index (χ0) is 22.5. The summed E-state index contributed by atoms with van der Waals surface area (Å²) in [6.07, 6.45) is 4.75. The molecule has 0 unspecified atom stereocenters. The number of hydrogen-bond donors (Lipinski definition) is 1. The van der Waals surface area contributed by atoms with Crippen molar-refractivity contribution in [3.63, 3.8) is 0 Å². The molecule has 33 heavy (non-hydrogen) atoms. The molecule has 1 aromatic carbocycles. The molecule has 4 heterocycles. The number of fused-ring (bicyclic) bond motifs is 3. The van der Waals surface area contributed by atoms with Crippen molar-refractivity contribution >= 4 is 34.9 Å². The molecule has 2 fully saturated rings. The highest BCUT2D eigenvalue weighted by atomic mass is 35.5. The van der Waals surface area contributed by atoms with Gasteiger partial charge in [-0.1, -0.05) is 11.6 Å². The maximum absolute atomic E-state index is 13.4. The van der Waals surface area contributed by atoms with Gasteiger partial charge in [0.05, 0.1) is 0 Å². The van der Waals surface area contributed by atoms with Gasteiger partial charge in [-0.15, -0.1) is 0 Å². The Bertz CT molecular complexity index is 1170. The van der Waals surface area contributed by atoms with E-state index in [1.165, 1.54) is 25.0 Å². The van der Waals surface area contributed by atoms with Crippen molar-refractivity contribution < 1.29 is 4.39 Å². The molecule has 9 heteroatoms. The predicted octanol–water partition coefficient (Wildman–Crippen LogP) is 4.39. The van der Waals surface area contributed by atoms with Crippen molar-refractivity contribution in [2.24, 2.45) is 11.8 Å². The molecule has 3 aliphatic rings. The van der Waals surface area contributed by atoms with Gasteiger partial charge in [0.25, 0.3) is 0 Å². The van der Waals surface area contributed by atoms with Crippen LogP contribution in [0.4, 0.5) is 27.7 Å². The minimum atomic E-state index is -0.250. The van der Waals surface area contributed by atoms with E-state index in [1.54, 1.807) is 18.5 Å². The Hall–Kier alpha value is -3.00. The minimum Gasteiger partial charge on any atom is -0.356 e. The normalized spacial score (nSPS) is 23.7. The van der Waals surface area contributed by atoms with Crippen molar-refractivity contribution in [3.05, 3.63) is 58.9 Å². The molecular formula is C24H25ClFN7. The van der Waals surface area contributed by atoms with Crippen LogP contribution in [-0.2, 0) is 6.42 Å². The first kappa shape index (κ1) is 20.6. The Morgan fingerprint density at radius 1 is 1.06 bits per heavy atom. The van der Waals surface area contributed by atoms with E-state index in [2.05, 4.69) is 36.1 Å². The summed E-state index contributed by atoms with van der Waals surface area (Å²) in [7, 11) is 0. The topological polar surface area (TPSA) is 70.1 Å². The lowest BCUT2D eigenvalue weighted by Gasteiger charge is -2.39. The van der Waals surface area contributed by atoms with Gasteiger partial charge in [0.2, 0.25) is 5.95 Å². The molecule has 0 radical (unpaired) electrons. The van der Waals surface area contributed by atoms with E-state index < -0.39 is 0 Å². The number of halogens is 2. The molecule has 2 bridgehead atoms. The number of nitrogens with zero attached hydrogens (tertiary/aromatic N) is 6. The first-order valence-corrected chi connectivity index (χ1v) is 11.8. The fraction of sp³-hybridized carbons (Fsp3) is 0.417. The minimum absolute atomic E-state index is 0.250. The summed E-state index contributed by atoms with van der Waals surface area (Å²) in [6, 6.07) is 8.86. The molecule has 3 atom stereocenters. The second-order valence-corrected chi connectivity index (χ2v) is 9.57. The van der Waals surface area contributed by atoms with Crippen molar-refractivity contribution in [1.82, 2.24) is 19.9 Å². The summed E-state index contributed by atoms with van der Waals surface area (Å²) >= 11 is 6.58. The lowest BCUT2D eigenvalue weighted by molar-refractivity contribution is 0.374. The molecule has 2 aliphatic heterocycles. The second-order valence-electron chi connectivity index (χ2n) is 9.21. The highest BCUT2D eigenvalue weighted by molar-refractivity contribution is 6.30. The van der Waals surface area contributed by atoms with E-state index in [4.69, 9.17) is 16.6 Å². The van der Waals surface area contributed by atoms with Crippen molar-refractivity contribution in [3.8, 4) is 0 Å². The molecule has 0 amide bonds. The van der Waals surface area contributed by atoms with Crippen molar-refractivity contribution in [1.29, 1.82) is 0 Å². The van der Waals surface area contributed by atoms with Crippen LogP contribution in [0.2, 0.25) is 5.15 Å². The predicted molar refractivity (Wildman–Crippen MR) is 127 cm³/mol. The number of nitrogens with one attached hydrogen (secondary N) is 1. The molecule has 0 spiro atoms. The van der Waals surface area contributed by atoms with Gasteiger partial charge < -0.3 is 15.1 Å². The Balaban J connectivity index is 1.23. The monoisotopic (exact) mass is 465 g/mol. The number of hydrogen-bond acceptors (Lipinski definition) is 7. The van der Waals surface area contributed by atoms with E-state index in [1.807, 2.05) is 6.92 Å². The smallest absolute Gasteiger partial charge is 0.226 e. The average molecular weight is 466 g/mol. The fourth-order valence-corrected chi connectivity index (χ4v) is 5.82. The van der Waals surface area contributed by atoms with E-state index in [9.17, 15) is 4.39 Å². The molecule has 3 aromatic rings. The van der Waals surface area contributed by atoms with Gasteiger partial charge >= 0.3 is 0 Å². The van der Waals surface area contributed by atoms with E-state index in [0.29, 0.717) is 29.0 Å². The lowest BCUT2D eigenvalue weighted by Crippen LogP contribution is -2.48. The summed E-state index contributed by atoms with van der Waals surface area (Å²) in [6.45, 7) is 4.65.